The van der Waals surface area contributed by atoms with E-state index in [4.69, 9.17) is 5.26 Å². The molecule has 22 heavy (non-hydrogen) atoms. The molecule has 0 saturated carbocycles. The number of rotatable bonds is 3. The molecule has 112 valence electrons. The van der Waals surface area contributed by atoms with Gasteiger partial charge >= 0.3 is 11.8 Å². The first-order valence-electron chi connectivity index (χ1n) is 6.19. The number of thiazole rings is 1. The van der Waals surface area contributed by atoms with E-state index in [0.717, 1.165) is 22.0 Å². The van der Waals surface area contributed by atoms with Crippen LogP contribution in [-0.4, -0.2) is 16.8 Å². The number of aryl methyl sites for hydroxylation is 1. The Morgan fingerprint density at radius 3 is 2.82 bits per heavy atom. The van der Waals surface area contributed by atoms with E-state index in [1.54, 1.807) is 12.3 Å². The fourth-order valence-corrected chi connectivity index (χ4v) is 2.35. The zero-order chi connectivity index (χ0) is 16.1. The van der Waals surface area contributed by atoms with Gasteiger partial charge in [0.2, 0.25) is 0 Å². The molecule has 0 bridgehead atoms. The summed E-state index contributed by atoms with van der Waals surface area (Å²) >= 11 is 1.42. The van der Waals surface area contributed by atoms with Crippen molar-refractivity contribution in [2.75, 3.05) is 5.32 Å². The third-order valence-electron chi connectivity index (χ3n) is 2.64. The van der Waals surface area contributed by atoms with E-state index in [2.05, 4.69) is 15.6 Å². The van der Waals surface area contributed by atoms with Crippen LogP contribution in [0.3, 0.4) is 0 Å². The summed E-state index contributed by atoms with van der Waals surface area (Å²) in [5.74, 6) is -2.41. The van der Waals surface area contributed by atoms with E-state index < -0.39 is 17.6 Å². The molecule has 8 heteroatoms. The minimum Gasteiger partial charge on any atom is -0.343 e. The van der Waals surface area contributed by atoms with Gasteiger partial charge < -0.3 is 10.6 Å². The second-order valence-corrected chi connectivity index (χ2v) is 5.61. The average Bonchev–Trinajstić information content (AvgIpc) is 2.92. The Morgan fingerprint density at radius 1 is 1.41 bits per heavy atom. The number of nitriles is 1. The number of amides is 2. The lowest BCUT2D eigenvalue weighted by Gasteiger charge is -2.06. The molecule has 0 aliphatic heterocycles. The maximum atomic E-state index is 13.2. The summed E-state index contributed by atoms with van der Waals surface area (Å²) in [6.45, 7) is 2.04. The van der Waals surface area contributed by atoms with Crippen molar-refractivity contribution in [1.82, 2.24) is 10.3 Å². The van der Waals surface area contributed by atoms with Crippen LogP contribution in [0.15, 0.2) is 24.4 Å². The van der Waals surface area contributed by atoms with Crippen LogP contribution in [0, 0.1) is 24.1 Å². The Bertz CT molecular complexity index is 766. The predicted molar refractivity (Wildman–Crippen MR) is 78.4 cm³/mol. The predicted octanol–water partition coefficient (Wildman–Crippen LogP) is 1.72. The number of carbonyl (C=O) groups excluding carboxylic acids is 2. The van der Waals surface area contributed by atoms with Crippen molar-refractivity contribution in [1.29, 1.82) is 5.26 Å². The van der Waals surface area contributed by atoms with Gasteiger partial charge in [0.25, 0.3) is 0 Å². The quantitative estimate of drug-likeness (QED) is 0.842. The van der Waals surface area contributed by atoms with Crippen molar-refractivity contribution in [2.45, 2.75) is 13.5 Å². The van der Waals surface area contributed by atoms with Crippen LogP contribution in [0.25, 0.3) is 0 Å². The van der Waals surface area contributed by atoms with Crippen LogP contribution < -0.4 is 10.6 Å². The van der Waals surface area contributed by atoms with E-state index in [1.807, 2.05) is 6.92 Å². The molecule has 0 fully saturated rings. The molecule has 2 N–H and O–H groups in total. The van der Waals surface area contributed by atoms with Crippen molar-refractivity contribution in [3.05, 3.63) is 45.7 Å². The summed E-state index contributed by atoms with van der Waals surface area (Å²) in [5.41, 5.74) is -0.0370. The molecule has 0 radical (unpaired) electrons. The van der Waals surface area contributed by atoms with Gasteiger partial charge in [0, 0.05) is 16.8 Å². The molecule has 1 heterocycles. The number of benzene rings is 1. The van der Waals surface area contributed by atoms with Crippen LogP contribution in [0.4, 0.5) is 10.1 Å². The van der Waals surface area contributed by atoms with Crippen molar-refractivity contribution in [2.24, 2.45) is 0 Å². The van der Waals surface area contributed by atoms with E-state index in [9.17, 15) is 14.0 Å². The van der Waals surface area contributed by atoms with Gasteiger partial charge in [-0.3, -0.25) is 9.59 Å². The molecule has 1 aromatic carbocycles. The number of nitrogens with zero attached hydrogens (tertiary/aromatic N) is 2. The fourth-order valence-electron chi connectivity index (χ4n) is 1.61. The van der Waals surface area contributed by atoms with Crippen molar-refractivity contribution in [3.63, 3.8) is 0 Å². The molecule has 0 aliphatic rings. The first-order chi connectivity index (χ1) is 10.5. The highest BCUT2D eigenvalue weighted by atomic mass is 32.1. The number of hydrogen-bond acceptors (Lipinski definition) is 5. The maximum Gasteiger partial charge on any atom is 0.313 e. The van der Waals surface area contributed by atoms with E-state index in [-0.39, 0.29) is 17.8 Å². The maximum absolute atomic E-state index is 13.2. The smallest absolute Gasteiger partial charge is 0.313 e. The van der Waals surface area contributed by atoms with Gasteiger partial charge in [0.05, 0.1) is 17.1 Å². The molecule has 0 aliphatic carbocycles. The summed E-state index contributed by atoms with van der Waals surface area (Å²) in [4.78, 5) is 28.2. The molecule has 0 atom stereocenters. The Kier molecular flexibility index (Phi) is 4.80. The third kappa shape index (κ3) is 3.86. The number of halogens is 1. The lowest BCUT2D eigenvalue weighted by molar-refractivity contribution is -0.136. The van der Waals surface area contributed by atoms with Gasteiger partial charge in [0.1, 0.15) is 11.9 Å². The Labute approximate surface area is 129 Å². The highest BCUT2D eigenvalue weighted by Crippen LogP contribution is 2.14. The lowest BCUT2D eigenvalue weighted by atomic mass is 10.2. The summed E-state index contributed by atoms with van der Waals surface area (Å²) in [5, 5.41) is 14.3. The first-order valence-corrected chi connectivity index (χ1v) is 7.01. The highest BCUT2D eigenvalue weighted by molar-refractivity contribution is 7.11. The molecule has 0 spiro atoms. The Balaban J connectivity index is 1.94. The summed E-state index contributed by atoms with van der Waals surface area (Å²) in [6, 6.07) is 5.13. The van der Waals surface area contributed by atoms with Crippen LogP contribution in [0.2, 0.25) is 0 Å². The number of nitrogens with one attached hydrogen (secondary N) is 2. The van der Waals surface area contributed by atoms with E-state index in [0.29, 0.717) is 0 Å². The first kappa shape index (κ1) is 15.6. The lowest BCUT2D eigenvalue weighted by Crippen LogP contribution is -2.34. The number of carbonyl (C=O) groups is 2. The molecule has 0 unspecified atom stereocenters. The SMILES string of the molecule is Cc1ncc(CNC(=O)C(=O)Nc2ccc(F)c(C#N)c2)s1. The minimum atomic E-state index is -0.892. The van der Waals surface area contributed by atoms with Gasteiger partial charge in [-0.05, 0) is 25.1 Å². The average molecular weight is 318 g/mol. The summed E-state index contributed by atoms with van der Waals surface area (Å²) < 4.78 is 13.2. The second kappa shape index (κ2) is 6.78. The van der Waals surface area contributed by atoms with Crippen molar-refractivity contribution >= 4 is 28.8 Å². The van der Waals surface area contributed by atoms with Gasteiger partial charge in [-0.15, -0.1) is 11.3 Å². The molecular formula is C14H11FN4O2S. The third-order valence-corrected chi connectivity index (χ3v) is 3.56. The van der Waals surface area contributed by atoms with Gasteiger partial charge in [-0.25, -0.2) is 9.37 Å². The van der Waals surface area contributed by atoms with Gasteiger partial charge in [-0.1, -0.05) is 0 Å². The minimum absolute atomic E-state index is 0.173. The Hall–Kier alpha value is -2.79. The standard InChI is InChI=1S/C14H11FN4O2S/c1-8-17-6-11(22-8)7-18-13(20)14(21)19-10-2-3-12(15)9(4-10)5-16/h2-4,6H,7H2,1H3,(H,18,20)(H,19,21). The van der Waals surface area contributed by atoms with Crippen LogP contribution >= 0.6 is 11.3 Å². The number of aromatic nitrogens is 1. The van der Waals surface area contributed by atoms with Crippen LogP contribution in [0.1, 0.15) is 15.4 Å². The zero-order valence-corrected chi connectivity index (χ0v) is 12.3. The van der Waals surface area contributed by atoms with Crippen molar-refractivity contribution < 1.29 is 14.0 Å². The van der Waals surface area contributed by atoms with Crippen LogP contribution in [0.5, 0.6) is 0 Å². The van der Waals surface area contributed by atoms with Crippen molar-refractivity contribution in [3.8, 4) is 6.07 Å². The molecule has 6 nitrogen and oxygen atoms in total. The second-order valence-electron chi connectivity index (χ2n) is 4.29. The molecule has 2 amide bonds. The molecule has 2 rings (SSSR count). The normalized spacial score (nSPS) is 9.86. The molecular weight excluding hydrogens is 307 g/mol. The number of hydrogen-bond donors (Lipinski definition) is 2. The molecule has 0 saturated heterocycles. The monoisotopic (exact) mass is 318 g/mol. The Morgan fingerprint density at radius 2 is 2.18 bits per heavy atom. The van der Waals surface area contributed by atoms with Crippen LogP contribution in [-0.2, 0) is 16.1 Å². The van der Waals surface area contributed by atoms with E-state index in [1.165, 1.54) is 17.4 Å². The zero-order valence-electron chi connectivity index (χ0n) is 11.5. The molecule has 1 aromatic heterocycles. The summed E-state index contributed by atoms with van der Waals surface area (Å²) in [6.07, 6.45) is 1.62. The largest absolute Gasteiger partial charge is 0.343 e. The van der Waals surface area contributed by atoms with E-state index >= 15 is 0 Å². The highest BCUT2D eigenvalue weighted by Gasteiger charge is 2.14. The van der Waals surface area contributed by atoms with Gasteiger partial charge in [0.15, 0.2) is 0 Å². The van der Waals surface area contributed by atoms with Gasteiger partial charge in [-0.2, -0.15) is 5.26 Å². The molecule has 2 aromatic rings. The summed E-state index contributed by atoms with van der Waals surface area (Å²) in [7, 11) is 0. The number of anilines is 1. The topological polar surface area (TPSA) is 94.9 Å². The fraction of sp³-hybridized carbons (Fsp3) is 0.143.